The maximum Gasteiger partial charge on any atom is 0.290 e. The Kier molecular flexibility index (Phi) is 1.80. The number of nitrogens with zero attached hydrogens (tertiary/aromatic N) is 2. The molecular formula is C7H9N3OS. The van der Waals surface area contributed by atoms with Gasteiger partial charge in [-0.2, -0.15) is 4.37 Å². The van der Waals surface area contributed by atoms with Gasteiger partial charge in [-0.25, -0.2) is 4.98 Å². The minimum Gasteiger partial charge on any atom is -0.347 e. The summed E-state index contributed by atoms with van der Waals surface area (Å²) in [5, 5.41) is 3.66. The molecule has 0 unspecified atom stereocenters. The van der Waals surface area contributed by atoms with Crippen LogP contribution >= 0.6 is 11.5 Å². The Morgan fingerprint density at radius 1 is 1.67 bits per heavy atom. The van der Waals surface area contributed by atoms with Crippen LogP contribution in [0.25, 0.3) is 0 Å². The lowest BCUT2D eigenvalue weighted by atomic mass is 10.5. The van der Waals surface area contributed by atoms with Crippen molar-refractivity contribution in [2.24, 2.45) is 0 Å². The van der Waals surface area contributed by atoms with E-state index in [-0.39, 0.29) is 5.91 Å². The third kappa shape index (κ3) is 1.61. The highest BCUT2D eigenvalue weighted by Crippen LogP contribution is 2.19. The van der Waals surface area contributed by atoms with Crippen LogP contribution in [-0.4, -0.2) is 21.3 Å². The van der Waals surface area contributed by atoms with E-state index in [9.17, 15) is 4.79 Å². The number of hydrogen-bond acceptors (Lipinski definition) is 4. The molecule has 0 bridgehead atoms. The molecule has 0 saturated heterocycles. The van der Waals surface area contributed by atoms with Gasteiger partial charge in [-0.3, -0.25) is 4.79 Å². The normalized spacial score (nSPS) is 16.1. The van der Waals surface area contributed by atoms with Crippen LogP contribution < -0.4 is 5.32 Å². The van der Waals surface area contributed by atoms with Crippen molar-refractivity contribution in [3.05, 3.63) is 10.8 Å². The highest BCUT2D eigenvalue weighted by molar-refractivity contribution is 7.05. The van der Waals surface area contributed by atoms with Gasteiger partial charge < -0.3 is 5.32 Å². The number of amides is 1. The Bertz CT molecular complexity index is 305. The zero-order valence-electron chi connectivity index (χ0n) is 6.70. The number of aromatic nitrogens is 2. The topological polar surface area (TPSA) is 54.9 Å². The summed E-state index contributed by atoms with van der Waals surface area (Å²) in [5.41, 5.74) is 0. The summed E-state index contributed by atoms with van der Waals surface area (Å²) in [6.07, 6.45) is 2.18. The Balaban J connectivity index is 2.03. The third-order valence-electron chi connectivity index (χ3n) is 1.64. The van der Waals surface area contributed by atoms with Crippen LogP contribution in [0.15, 0.2) is 0 Å². The summed E-state index contributed by atoms with van der Waals surface area (Å²) in [4.78, 5) is 15.3. The van der Waals surface area contributed by atoms with Crippen LogP contribution in [0.4, 0.5) is 0 Å². The number of carbonyl (C=O) groups is 1. The average molecular weight is 183 g/mol. The first-order valence-electron chi connectivity index (χ1n) is 3.87. The van der Waals surface area contributed by atoms with E-state index in [4.69, 9.17) is 0 Å². The molecule has 1 N–H and O–H groups in total. The first-order valence-corrected chi connectivity index (χ1v) is 4.64. The molecule has 1 amide bonds. The smallest absolute Gasteiger partial charge is 0.290 e. The van der Waals surface area contributed by atoms with Crippen molar-refractivity contribution in [1.82, 2.24) is 14.7 Å². The summed E-state index contributed by atoms with van der Waals surface area (Å²) in [7, 11) is 0. The van der Waals surface area contributed by atoms with Crippen LogP contribution in [0.2, 0.25) is 0 Å². The van der Waals surface area contributed by atoms with Gasteiger partial charge in [0.15, 0.2) is 0 Å². The summed E-state index contributed by atoms with van der Waals surface area (Å²) in [5.74, 6) is 0.172. The molecule has 1 heterocycles. The van der Waals surface area contributed by atoms with Gasteiger partial charge in [0.2, 0.25) is 5.82 Å². The number of aryl methyl sites for hydroxylation is 1. The average Bonchev–Trinajstić information content (AvgIpc) is 2.72. The molecule has 1 aromatic rings. The zero-order chi connectivity index (χ0) is 8.55. The summed E-state index contributed by atoms with van der Waals surface area (Å²) in [6, 6.07) is 0.376. The summed E-state index contributed by atoms with van der Waals surface area (Å²) >= 11 is 1.26. The standard InChI is InChI=1S/C7H9N3OS/c1-4-8-6(10-12-4)7(11)9-5-2-3-5/h5H,2-3H2,1H3,(H,9,11). The fourth-order valence-corrected chi connectivity index (χ4v) is 1.34. The molecule has 0 aromatic carbocycles. The van der Waals surface area contributed by atoms with Crippen LogP contribution in [0, 0.1) is 6.92 Å². The Labute approximate surface area is 74.2 Å². The molecule has 0 spiro atoms. The molecule has 64 valence electrons. The second-order valence-corrected chi connectivity index (χ2v) is 3.84. The molecule has 4 nitrogen and oxygen atoms in total. The van der Waals surface area contributed by atoms with Gasteiger partial charge in [-0.15, -0.1) is 0 Å². The van der Waals surface area contributed by atoms with Crippen molar-refractivity contribution in [3.8, 4) is 0 Å². The fourth-order valence-electron chi connectivity index (χ4n) is 0.869. The predicted octanol–water partition coefficient (Wildman–Crippen LogP) is 0.739. The highest BCUT2D eigenvalue weighted by Gasteiger charge is 2.25. The maximum absolute atomic E-state index is 11.3. The Morgan fingerprint density at radius 2 is 2.42 bits per heavy atom. The molecule has 5 heteroatoms. The molecule has 2 rings (SSSR count). The van der Waals surface area contributed by atoms with Crippen LogP contribution in [0.3, 0.4) is 0 Å². The fraction of sp³-hybridized carbons (Fsp3) is 0.571. The minimum atomic E-state index is -0.137. The molecular weight excluding hydrogens is 174 g/mol. The van der Waals surface area contributed by atoms with E-state index in [0.717, 1.165) is 17.8 Å². The van der Waals surface area contributed by atoms with E-state index >= 15 is 0 Å². The van der Waals surface area contributed by atoms with Gasteiger partial charge in [0.1, 0.15) is 5.01 Å². The largest absolute Gasteiger partial charge is 0.347 e. The lowest BCUT2D eigenvalue weighted by molar-refractivity contribution is 0.0942. The summed E-state index contributed by atoms with van der Waals surface area (Å²) < 4.78 is 3.92. The van der Waals surface area contributed by atoms with Gasteiger partial charge in [-0.1, -0.05) is 0 Å². The van der Waals surface area contributed by atoms with Gasteiger partial charge in [0.25, 0.3) is 5.91 Å². The van der Waals surface area contributed by atoms with E-state index in [1.165, 1.54) is 11.5 Å². The molecule has 0 atom stereocenters. The van der Waals surface area contributed by atoms with E-state index in [2.05, 4.69) is 14.7 Å². The van der Waals surface area contributed by atoms with Crippen molar-refractivity contribution in [2.45, 2.75) is 25.8 Å². The SMILES string of the molecule is Cc1nc(C(=O)NC2CC2)ns1. The first-order chi connectivity index (χ1) is 5.75. The monoisotopic (exact) mass is 183 g/mol. The molecule has 1 aromatic heterocycles. The van der Waals surface area contributed by atoms with Crippen molar-refractivity contribution in [3.63, 3.8) is 0 Å². The van der Waals surface area contributed by atoms with E-state index < -0.39 is 0 Å². The predicted molar refractivity (Wildman–Crippen MR) is 45.1 cm³/mol. The van der Waals surface area contributed by atoms with Crippen LogP contribution in [0.1, 0.15) is 28.5 Å². The van der Waals surface area contributed by atoms with Gasteiger partial charge >= 0.3 is 0 Å². The Hall–Kier alpha value is -0.970. The third-order valence-corrected chi connectivity index (χ3v) is 2.26. The second kappa shape index (κ2) is 2.82. The number of rotatable bonds is 2. The zero-order valence-corrected chi connectivity index (χ0v) is 7.52. The van der Waals surface area contributed by atoms with Gasteiger partial charge in [-0.05, 0) is 31.3 Å². The van der Waals surface area contributed by atoms with Crippen LogP contribution in [0.5, 0.6) is 0 Å². The first kappa shape index (κ1) is 7.67. The molecule has 0 aliphatic heterocycles. The van der Waals surface area contributed by atoms with Gasteiger partial charge in [0, 0.05) is 6.04 Å². The highest BCUT2D eigenvalue weighted by atomic mass is 32.1. The molecule has 1 aliphatic carbocycles. The molecule has 12 heavy (non-hydrogen) atoms. The van der Waals surface area contributed by atoms with E-state index in [1.807, 2.05) is 6.92 Å². The number of nitrogens with one attached hydrogen (secondary N) is 1. The summed E-state index contributed by atoms with van der Waals surface area (Å²) in [6.45, 7) is 1.84. The minimum absolute atomic E-state index is 0.137. The lowest BCUT2D eigenvalue weighted by Crippen LogP contribution is -2.26. The quantitative estimate of drug-likeness (QED) is 0.735. The van der Waals surface area contributed by atoms with Crippen molar-refractivity contribution in [1.29, 1.82) is 0 Å². The number of hydrogen-bond donors (Lipinski definition) is 1. The molecule has 1 fully saturated rings. The maximum atomic E-state index is 11.3. The van der Waals surface area contributed by atoms with E-state index in [0.29, 0.717) is 11.9 Å². The molecule has 1 saturated carbocycles. The lowest BCUT2D eigenvalue weighted by Gasteiger charge is -1.96. The van der Waals surface area contributed by atoms with Gasteiger partial charge in [0.05, 0.1) is 0 Å². The van der Waals surface area contributed by atoms with E-state index in [1.54, 1.807) is 0 Å². The van der Waals surface area contributed by atoms with Crippen molar-refractivity contribution >= 4 is 17.4 Å². The molecule has 0 radical (unpaired) electrons. The van der Waals surface area contributed by atoms with Crippen molar-refractivity contribution < 1.29 is 4.79 Å². The number of carbonyl (C=O) groups excluding carboxylic acids is 1. The van der Waals surface area contributed by atoms with Crippen molar-refractivity contribution in [2.75, 3.05) is 0 Å². The second-order valence-electron chi connectivity index (χ2n) is 2.88. The Morgan fingerprint density at radius 3 is 2.92 bits per heavy atom. The molecule has 1 aliphatic rings. The van der Waals surface area contributed by atoms with Crippen LogP contribution in [-0.2, 0) is 0 Å².